The molecule has 6 nitrogen and oxygen atoms in total. The molecule has 4 atom stereocenters. The standard InChI is InChI=1S/C9H13NO5/c11-6-3-4-1-2-5(7(6)8(12)13)10(4)9(14)15/h4-7,11H,1-3H2,(H,12,13)(H,14,15). The smallest absolute Gasteiger partial charge is 0.407 e. The van der Waals surface area contributed by atoms with E-state index >= 15 is 0 Å². The van der Waals surface area contributed by atoms with Crippen LogP contribution in [0, 0.1) is 5.92 Å². The van der Waals surface area contributed by atoms with Crippen LogP contribution in [0.2, 0.25) is 0 Å². The lowest BCUT2D eigenvalue weighted by atomic mass is 9.88. The summed E-state index contributed by atoms with van der Waals surface area (Å²) < 4.78 is 0. The highest BCUT2D eigenvalue weighted by atomic mass is 16.4. The molecule has 84 valence electrons. The molecule has 0 aliphatic carbocycles. The molecule has 6 heteroatoms. The van der Waals surface area contributed by atoms with E-state index in [0.29, 0.717) is 12.8 Å². The third-order valence-electron chi connectivity index (χ3n) is 3.40. The Labute approximate surface area is 86.1 Å². The van der Waals surface area contributed by atoms with Gasteiger partial charge in [-0.1, -0.05) is 0 Å². The number of nitrogens with zero attached hydrogens (tertiary/aromatic N) is 1. The van der Waals surface area contributed by atoms with Gasteiger partial charge in [-0.05, 0) is 19.3 Å². The molecule has 2 bridgehead atoms. The summed E-state index contributed by atoms with van der Waals surface area (Å²) in [6.45, 7) is 0. The number of hydrogen-bond donors (Lipinski definition) is 3. The van der Waals surface area contributed by atoms with Crippen molar-refractivity contribution >= 4 is 12.1 Å². The van der Waals surface area contributed by atoms with Crippen molar-refractivity contribution in [1.29, 1.82) is 0 Å². The van der Waals surface area contributed by atoms with Crippen LogP contribution in [0.1, 0.15) is 19.3 Å². The summed E-state index contributed by atoms with van der Waals surface area (Å²) in [5, 5.41) is 27.5. The lowest BCUT2D eigenvalue weighted by Crippen LogP contribution is -2.55. The number of rotatable bonds is 1. The van der Waals surface area contributed by atoms with Gasteiger partial charge in [-0.15, -0.1) is 0 Å². The van der Waals surface area contributed by atoms with Crippen molar-refractivity contribution in [2.45, 2.75) is 37.5 Å². The predicted octanol–water partition coefficient (Wildman–Crippen LogP) is -0.0372. The Kier molecular flexibility index (Phi) is 2.30. The number of hydrogen-bond acceptors (Lipinski definition) is 3. The van der Waals surface area contributed by atoms with E-state index in [2.05, 4.69) is 0 Å². The van der Waals surface area contributed by atoms with E-state index in [0.717, 1.165) is 0 Å². The fourth-order valence-electron chi connectivity index (χ4n) is 2.81. The summed E-state index contributed by atoms with van der Waals surface area (Å²) in [7, 11) is 0. The van der Waals surface area contributed by atoms with E-state index in [1.54, 1.807) is 0 Å². The Balaban J connectivity index is 2.27. The number of fused-ring (bicyclic) bond motifs is 2. The summed E-state index contributed by atoms with van der Waals surface area (Å²) in [4.78, 5) is 23.1. The van der Waals surface area contributed by atoms with Gasteiger partial charge in [0, 0.05) is 6.04 Å². The monoisotopic (exact) mass is 215 g/mol. The molecule has 0 aromatic heterocycles. The topological polar surface area (TPSA) is 98.1 Å². The lowest BCUT2D eigenvalue weighted by molar-refractivity contribution is -0.151. The van der Waals surface area contributed by atoms with E-state index in [1.807, 2.05) is 0 Å². The maximum absolute atomic E-state index is 10.9. The minimum atomic E-state index is -1.11. The molecular weight excluding hydrogens is 202 g/mol. The molecule has 2 fully saturated rings. The van der Waals surface area contributed by atoms with Crippen LogP contribution in [-0.4, -0.2) is 50.5 Å². The van der Waals surface area contributed by atoms with E-state index in [1.165, 1.54) is 4.90 Å². The average molecular weight is 215 g/mol. The molecule has 0 aromatic carbocycles. The van der Waals surface area contributed by atoms with Gasteiger partial charge in [-0.2, -0.15) is 0 Å². The second kappa shape index (κ2) is 3.37. The van der Waals surface area contributed by atoms with Crippen LogP contribution in [0.3, 0.4) is 0 Å². The molecule has 0 aromatic rings. The molecule has 0 radical (unpaired) electrons. The zero-order chi connectivity index (χ0) is 11.2. The average Bonchev–Trinajstić information content (AvgIpc) is 2.41. The minimum absolute atomic E-state index is 0.210. The number of aliphatic hydroxyl groups excluding tert-OH is 1. The van der Waals surface area contributed by atoms with Crippen molar-refractivity contribution in [2.75, 3.05) is 0 Å². The first kappa shape index (κ1) is 10.2. The molecule has 4 unspecified atom stereocenters. The summed E-state index contributed by atoms with van der Waals surface area (Å²) in [6, 6.07) is -0.771. The first-order chi connectivity index (χ1) is 7.02. The van der Waals surface area contributed by atoms with Gasteiger partial charge in [0.2, 0.25) is 0 Å². The molecule has 0 saturated carbocycles. The van der Waals surface area contributed by atoms with Gasteiger partial charge in [0.15, 0.2) is 0 Å². The molecule has 15 heavy (non-hydrogen) atoms. The highest BCUT2D eigenvalue weighted by Crippen LogP contribution is 2.39. The van der Waals surface area contributed by atoms with E-state index in [9.17, 15) is 14.7 Å². The Bertz CT molecular complexity index is 305. The second-order valence-corrected chi connectivity index (χ2v) is 4.16. The fraction of sp³-hybridized carbons (Fsp3) is 0.778. The Hall–Kier alpha value is -1.30. The highest BCUT2D eigenvalue weighted by Gasteiger charge is 2.51. The summed E-state index contributed by atoms with van der Waals surface area (Å²) in [5.41, 5.74) is 0. The van der Waals surface area contributed by atoms with Crippen LogP contribution in [0.5, 0.6) is 0 Å². The molecule has 2 heterocycles. The van der Waals surface area contributed by atoms with Gasteiger partial charge in [-0.25, -0.2) is 4.79 Å². The first-order valence-corrected chi connectivity index (χ1v) is 4.94. The van der Waals surface area contributed by atoms with Gasteiger partial charge in [0.1, 0.15) is 5.92 Å². The molecule has 1 amide bonds. The van der Waals surface area contributed by atoms with E-state index < -0.39 is 30.1 Å². The maximum Gasteiger partial charge on any atom is 0.407 e. The molecule has 3 N–H and O–H groups in total. The lowest BCUT2D eigenvalue weighted by Gasteiger charge is -2.39. The van der Waals surface area contributed by atoms with Crippen LogP contribution >= 0.6 is 0 Å². The van der Waals surface area contributed by atoms with Crippen molar-refractivity contribution in [3.05, 3.63) is 0 Å². The van der Waals surface area contributed by atoms with Gasteiger partial charge in [0.25, 0.3) is 0 Å². The largest absolute Gasteiger partial charge is 0.481 e. The third-order valence-corrected chi connectivity index (χ3v) is 3.40. The van der Waals surface area contributed by atoms with Crippen molar-refractivity contribution < 1.29 is 24.9 Å². The number of aliphatic carboxylic acids is 1. The van der Waals surface area contributed by atoms with Gasteiger partial charge in [-0.3, -0.25) is 4.79 Å². The maximum atomic E-state index is 10.9. The van der Waals surface area contributed by atoms with Crippen LogP contribution in [-0.2, 0) is 4.79 Å². The second-order valence-electron chi connectivity index (χ2n) is 4.16. The van der Waals surface area contributed by atoms with Crippen molar-refractivity contribution in [3.8, 4) is 0 Å². The van der Waals surface area contributed by atoms with Crippen molar-refractivity contribution in [1.82, 2.24) is 4.90 Å². The van der Waals surface area contributed by atoms with Gasteiger partial charge in [0.05, 0.1) is 12.1 Å². The first-order valence-electron chi connectivity index (χ1n) is 4.94. The number of carboxylic acid groups (broad SMARTS) is 2. The summed E-state index contributed by atoms with van der Waals surface area (Å²) >= 11 is 0. The normalized spacial score (nSPS) is 39.1. The quantitative estimate of drug-likeness (QED) is 0.570. The van der Waals surface area contributed by atoms with Gasteiger partial charge < -0.3 is 20.2 Å². The molecule has 2 saturated heterocycles. The summed E-state index contributed by atoms with van der Waals surface area (Å²) in [6.07, 6.45) is -0.584. The van der Waals surface area contributed by atoms with Crippen molar-refractivity contribution in [2.24, 2.45) is 5.92 Å². The number of carbonyl (C=O) groups is 2. The SMILES string of the molecule is O=C(O)C1C(O)CC2CCC1N2C(=O)O. The predicted molar refractivity (Wildman–Crippen MR) is 48.4 cm³/mol. The summed E-state index contributed by atoms with van der Waals surface area (Å²) in [5.74, 6) is -2.08. The van der Waals surface area contributed by atoms with Crippen LogP contribution < -0.4 is 0 Å². The van der Waals surface area contributed by atoms with Crippen LogP contribution in [0.15, 0.2) is 0 Å². The zero-order valence-electron chi connectivity index (χ0n) is 8.04. The van der Waals surface area contributed by atoms with Gasteiger partial charge >= 0.3 is 12.1 Å². The zero-order valence-corrected chi connectivity index (χ0v) is 8.04. The van der Waals surface area contributed by atoms with Crippen molar-refractivity contribution in [3.63, 3.8) is 0 Å². The van der Waals surface area contributed by atoms with E-state index in [4.69, 9.17) is 10.2 Å². The molecule has 2 rings (SSSR count). The molecule has 2 aliphatic heterocycles. The number of carboxylic acids is 1. The highest BCUT2D eigenvalue weighted by molar-refractivity contribution is 5.75. The molecule has 2 aliphatic rings. The fourth-order valence-corrected chi connectivity index (χ4v) is 2.81. The Morgan fingerprint density at radius 3 is 2.40 bits per heavy atom. The molecule has 0 spiro atoms. The third kappa shape index (κ3) is 1.45. The van der Waals surface area contributed by atoms with E-state index in [-0.39, 0.29) is 12.5 Å². The number of amides is 1. The Morgan fingerprint density at radius 1 is 1.20 bits per heavy atom. The number of piperidine rings is 1. The number of aliphatic hydroxyl groups is 1. The molecular formula is C9H13NO5. The van der Waals surface area contributed by atoms with Crippen LogP contribution in [0.4, 0.5) is 4.79 Å². The van der Waals surface area contributed by atoms with Crippen LogP contribution in [0.25, 0.3) is 0 Å². The minimum Gasteiger partial charge on any atom is -0.481 e. The Morgan fingerprint density at radius 2 is 1.87 bits per heavy atom.